The lowest BCUT2D eigenvalue weighted by Crippen LogP contribution is -2.19. The maximum Gasteiger partial charge on any atom is 0.258 e. The van der Waals surface area contributed by atoms with E-state index < -0.39 is 5.91 Å². The molecule has 1 amide bonds. The van der Waals surface area contributed by atoms with E-state index in [9.17, 15) is 9.59 Å². The number of nitrogens with zero attached hydrogens (tertiary/aromatic N) is 3. The van der Waals surface area contributed by atoms with E-state index in [-0.39, 0.29) is 22.9 Å². The summed E-state index contributed by atoms with van der Waals surface area (Å²) in [7, 11) is 0. The Kier molecular flexibility index (Phi) is 5.08. The Bertz CT molecular complexity index is 1260. The summed E-state index contributed by atoms with van der Waals surface area (Å²) >= 11 is 9.49. The number of aryl methyl sites for hydroxylation is 1. The molecule has 146 valence electrons. The molecule has 0 radical (unpaired) electrons. The predicted molar refractivity (Wildman–Crippen MR) is 112 cm³/mol. The van der Waals surface area contributed by atoms with Crippen LogP contribution in [0.5, 0.6) is 0 Å². The maximum absolute atomic E-state index is 12.8. The van der Waals surface area contributed by atoms with Gasteiger partial charge < -0.3 is 9.73 Å². The van der Waals surface area contributed by atoms with Gasteiger partial charge in [-0.1, -0.05) is 27.5 Å². The fourth-order valence-electron chi connectivity index (χ4n) is 2.70. The predicted octanol–water partition coefficient (Wildman–Crippen LogP) is 4.19. The van der Waals surface area contributed by atoms with Crippen LogP contribution in [0.3, 0.4) is 0 Å². The standard InChI is InChI=1S/C19H13BrClN5O3/c1-10-7-17(27)24-19(22-10)26-16(9-14(25-26)15-3-2-6-29-15)23-18(28)12-8-11(20)4-5-13(12)21/h2-9H,1H3,(H,23,28)(H,22,24,27). The van der Waals surface area contributed by atoms with Crippen molar-refractivity contribution >= 4 is 39.3 Å². The van der Waals surface area contributed by atoms with Gasteiger partial charge in [-0.15, -0.1) is 0 Å². The van der Waals surface area contributed by atoms with Gasteiger partial charge in [0.05, 0.1) is 16.8 Å². The fraction of sp³-hybridized carbons (Fsp3) is 0.0526. The highest BCUT2D eigenvalue weighted by atomic mass is 79.9. The zero-order valence-electron chi connectivity index (χ0n) is 14.9. The first-order valence-electron chi connectivity index (χ1n) is 8.39. The molecule has 3 heterocycles. The molecule has 0 aliphatic carbocycles. The fourth-order valence-corrected chi connectivity index (χ4v) is 3.26. The van der Waals surface area contributed by atoms with Gasteiger partial charge in [0.2, 0.25) is 5.95 Å². The van der Waals surface area contributed by atoms with Crippen LogP contribution in [0.15, 0.2) is 62.4 Å². The maximum atomic E-state index is 12.8. The normalized spacial score (nSPS) is 10.9. The minimum Gasteiger partial charge on any atom is -0.463 e. The summed E-state index contributed by atoms with van der Waals surface area (Å²) in [5.41, 5.74) is 0.898. The number of aromatic amines is 1. The SMILES string of the molecule is Cc1cc(=O)[nH]c(-n2nc(-c3ccco3)cc2NC(=O)c2cc(Br)ccc2Cl)n1. The van der Waals surface area contributed by atoms with Crippen LogP contribution >= 0.6 is 27.5 Å². The number of halogens is 2. The smallest absolute Gasteiger partial charge is 0.258 e. The van der Waals surface area contributed by atoms with Gasteiger partial charge in [0.1, 0.15) is 11.5 Å². The van der Waals surface area contributed by atoms with E-state index in [2.05, 4.69) is 36.3 Å². The Morgan fingerprint density at radius 2 is 2.10 bits per heavy atom. The molecule has 0 aliphatic rings. The molecule has 29 heavy (non-hydrogen) atoms. The van der Waals surface area contributed by atoms with Crippen molar-refractivity contribution in [2.75, 3.05) is 5.32 Å². The Labute approximate surface area is 177 Å². The number of furan rings is 1. The number of benzene rings is 1. The molecule has 8 nitrogen and oxygen atoms in total. The van der Waals surface area contributed by atoms with Crippen LogP contribution in [0.1, 0.15) is 16.1 Å². The molecule has 0 spiro atoms. The second-order valence-corrected chi connectivity index (χ2v) is 7.42. The third-order valence-electron chi connectivity index (χ3n) is 3.96. The minimum absolute atomic E-state index is 0.156. The van der Waals surface area contributed by atoms with Crippen LogP contribution in [0, 0.1) is 6.92 Å². The number of aromatic nitrogens is 4. The summed E-state index contributed by atoms with van der Waals surface area (Å²) in [5.74, 6) is 0.489. The van der Waals surface area contributed by atoms with Crippen LogP contribution in [-0.4, -0.2) is 25.7 Å². The number of H-pyrrole nitrogens is 1. The lowest BCUT2D eigenvalue weighted by atomic mass is 10.2. The highest BCUT2D eigenvalue weighted by molar-refractivity contribution is 9.10. The first-order chi connectivity index (χ1) is 13.9. The highest BCUT2D eigenvalue weighted by Crippen LogP contribution is 2.26. The molecule has 0 unspecified atom stereocenters. The second-order valence-electron chi connectivity index (χ2n) is 6.09. The molecule has 3 aromatic heterocycles. The van der Waals surface area contributed by atoms with Crippen molar-refractivity contribution in [3.63, 3.8) is 0 Å². The van der Waals surface area contributed by atoms with Gasteiger partial charge in [-0.3, -0.25) is 14.6 Å². The zero-order valence-corrected chi connectivity index (χ0v) is 17.3. The quantitative estimate of drug-likeness (QED) is 0.461. The Morgan fingerprint density at radius 3 is 2.83 bits per heavy atom. The van der Waals surface area contributed by atoms with Gasteiger partial charge in [-0.2, -0.15) is 9.78 Å². The average Bonchev–Trinajstić information content (AvgIpc) is 3.32. The number of hydrogen-bond acceptors (Lipinski definition) is 5. The van der Waals surface area contributed by atoms with Gasteiger partial charge in [-0.25, -0.2) is 4.98 Å². The zero-order chi connectivity index (χ0) is 20.5. The van der Waals surface area contributed by atoms with Gasteiger partial charge in [0.25, 0.3) is 11.5 Å². The summed E-state index contributed by atoms with van der Waals surface area (Å²) in [6.07, 6.45) is 1.51. The van der Waals surface area contributed by atoms with E-state index in [0.29, 0.717) is 26.6 Å². The number of hydrogen-bond donors (Lipinski definition) is 2. The van der Waals surface area contributed by atoms with Crippen molar-refractivity contribution < 1.29 is 9.21 Å². The summed E-state index contributed by atoms with van der Waals surface area (Å²) in [6, 6.07) is 11.4. The molecule has 2 N–H and O–H groups in total. The highest BCUT2D eigenvalue weighted by Gasteiger charge is 2.19. The van der Waals surface area contributed by atoms with Gasteiger partial charge in [0.15, 0.2) is 5.76 Å². The molecule has 0 fully saturated rings. The van der Waals surface area contributed by atoms with E-state index >= 15 is 0 Å². The third kappa shape index (κ3) is 4.01. The number of nitrogens with one attached hydrogen (secondary N) is 2. The molecule has 0 atom stereocenters. The molecule has 4 rings (SSSR count). The number of carbonyl (C=O) groups is 1. The van der Waals surface area contributed by atoms with Crippen molar-refractivity contribution in [1.82, 2.24) is 19.7 Å². The molecule has 10 heteroatoms. The Balaban J connectivity index is 1.80. The topological polar surface area (TPSA) is 106 Å². The molecule has 0 saturated carbocycles. The van der Waals surface area contributed by atoms with Crippen LogP contribution < -0.4 is 10.9 Å². The number of amides is 1. The number of rotatable bonds is 4. The van der Waals surface area contributed by atoms with Crippen LogP contribution in [0.25, 0.3) is 17.4 Å². The number of anilines is 1. The van der Waals surface area contributed by atoms with Crippen LogP contribution in [0.4, 0.5) is 5.82 Å². The van der Waals surface area contributed by atoms with Crippen molar-refractivity contribution in [3.8, 4) is 17.4 Å². The summed E-state index contributed by atoms with van der Waals surface area (Å²) < 4.78 is 7.43. The van der Waals surface area contributed by atoms with Crippen LogP contribution in [0.2, 0.25) is 5.02 Å². The Morgan fingerprint density at radius 1 is 1.28 bits per heavy atom. The van der Waals surface area contributed by atoms with E-state index in [1.54, 1.807) is 43.3 Å². The number of carbonyl (C=O) groups excluding carboxylic acids is 1. The van der Waals surface area contributed by atoms with Gasteiger partial charge in [0, 0.05) is 22.3 Å². The molecular weight excluding hydrogens is 462 g/mol. The summed E-state index contributed by atoms with van der Waals surface area (Å²) in [5, 5.41) is 7.49. The van der Waals surface area contributed by atoms with E-state index in [0.717, 1.165) is 0 Å². The van der Waals surface area contributed by atoms with E-state index in [1.807, 2.05) is 0 Å². The summed E-state index contributed by atoms with van der Waals surface area (Å²) in [6.45, 7) is 1.69. The first-order valence-corrected chi connectivity index (χ1v) is 9.56. The van der Waals surface area contributed by atoms with Crippen LogP contribution in [-0.2, 0) is 0 Å². The largest absolute Gasteiger partial charge is 0.463 e. The van der Waals surface area contributed by atoms with Crippen molar-refractivity contribution in [3.05, 3.63) is 79.8 Å². The van der Waals surface area contributed by atoms with Crippen molar-refractivity contribution in [1.29, 1.82) is 0 Å². The van der Waals surface area contributed by atoms with Crippen molar-refractivity contribution in [2.24, 2.45) is 0 Å². The third-order valence-corrected chi connectivity index (χ3v) is 4.78. The van der Waals surface area contributed by atoms with Gasteiger partial charge >= 0.3 is 0 Å². The van der Waals surface area contributed by atoms with E-state index in [1.165, 1.54) is 17.0 Å². The molecule has 1 aromatic carbocycles. The first kappa shape index (κ1) is 19.2. The average molecular weight is 475 g/mol. The Hall–Kier alpha value is -3.17. The molecule has 0 bridgehead atoms. The molecular formula is C19H13BrClN5O3. The monoisotopic (exact) mass is 473 g/mol. The lowest BCUT2D eigenvalue weighted by molar-refractivity contribution is 0.102. The van der Waals surface area contributed by atoms with Crippen molar-refractivity contribution in [2.45, 2.75) is 6.92 Å². The minimum atomic E-state index is -0.446. The molecule has 0 saturated heterocycles. The van der Waals surface area contributed by atoms with E-state index in [4.69, 9.17) is 16.0 Å². The molecule has 0 aliphatic heterocycles. The van der Waals surface area contributed by atoms with Gasteiger partial charge in [-0.05, 0) is 37.3 Å². The second kappa shape index (κ2) is 7.69. The molecule has 4 aromatic rings. The summed E-state index contributed by atoms with van der Waals surface area (Å²) in [4.78, 5) is 31.6. The lowest BCUT2D eigenvalue weighted by Gasteiger charge is -2.09.